The zero-order valence-electron chi connectivity index (χ0n) is 19.0. The molecule has 0 bridgehead atoms. The molecule has 2 aromatic heterocycles. The van der Waals surface area contributed by atoms with Crippen molar-refractivity contribution in [1.82, 2.24) is 9.61 Å². The Bertz CT molecular complexity index is 1200. The van der Waals surface area contributed by atoms with Gasteiger partial charge in [0.25, 0.3) is 0 Å². The number of rotatable bonds is 5. The summed E-state index contributed by atoms with van der Waals surface area (Å²) in [6.45, 7) is 8.57. The maximum absolute atomic E-state index is 9.82. The van der Waals surface area contributed by atoms with E-state index >= 15 is 0 Å². The molecule has 2 atom stereocenters. The molecule has 6 N–H and O–H groups in total. The number of nitrogens with one attached hydrogen (secondary N) is 1. The monoisotopic (exact) mass is 498 g/mol. The lowest BCUT2D eigenvalue weighted by atomic mass is 9.75. The second-order valence-corrected chi connectivity index (χ2v) is 10.4. The molecule has 4 rings (SSSR count). The Morgan fingerprint density at radius 2 is 2.09 bits per heavy atom. The highest BCUT2D eigenvalue weighted by Crippen LogP contribution is 2.46. The fraction of sp³-hybridized carbons (Fsp3) is 0.417. The van der Waals surface area contributed by atoms with Crippen molar-refractivity contribution in [2.45, 2.75) is 58.5 Å². The number of nitrogens with two attached hydrogens (primary N) is 2. The van der Waals surface area contributed by atoms with Crippen molar-refractivity contribution in [2.75, 3.05) is 5.32 Å². The number of phenolic OH excluding ortho intramolecular Hbond substituents is 1. The molecule has 7 nitrogen and oxygen atoms in total. The Morgan fingerprint density at radius 1 is 1.34 bits per heavy atom. The summed E-state index contributed by atoms with van der Waals surface area (Å²) in [4.78, 5) is 4.71. The molecule has 1 saturated carbocycles. The SMILES string of the molecule is CCc1cc(O)ccc1N=C(N)c1cnn2cc(Br)cc2c1NC1CCC(C)(N)C1(C)C. The summed E-state index contributed by atoms with van der Waals surface area (Å²) >= 11 is 3.56. The lowest BCUT2D eigenvalue weighted by molar-refractivity contribution is 0.215. The van der Waals surface area contributed by atoms with E-state index in [1.807, 2.05) is 23.7 Å². The molecule has 2 heterocycles. The fourth-order valence-electron chi connectivity index (χ4n) is 4.48. The molecule has 0 amide bonds. The topological polar surface area (TPSA) is 114 Å². The Hall–Kier alpha value is -2.58. The summed E-state index contributed by atoms with van der Waals surface area (Å²) in [5, 5.41) is 18.1. The number of hydrogen-bond acceptors (Lipinski definition) is 5. The number of halogens is 1. The van der Waals surface area contributed by atoms with Gasteiger partial charge in [-0.1, -0.05) is 20.8 Å². The van der Waals surface area contributed by atoms with Crippen LogP contribution in [0, 0.1) is 5.41 Å². The molecule has 170 valence electrons. The summed E-state index contributed by atoms with van der Waals surface area (Å²) in [6, 6.07) is 7.32. The van der Waals surface area contributed by atoms with Crippen molar-refractivity contribution in [3.8, 4) is 5.75 Å². The maximum Gasteiger partial charge on any atom is 0.135 e. The van der Waals surface area contributed by atoms with Crippen LogP contribution in [0.4, 0.5) is 11.4 Å². The van der Waals surface area contributed by atoms with Crippen LogP contribution in [0.2, 0.25) is 0 Å². The predicted molar refractivity (Wildman–Crippen MR) is 134 cm³/mol. The van der Waals surface area contributed by atoms with Crippen molar-refractivity contribution >= 4 is 38.7 Å². The highest BCUT2D eigenvalue weighted by Gasteiger charge is 2.49. The van der Waals surface area contributed by atoms with E-state index < -0.39 is 0 Å². The first-order chi connectivity index (χ1) is 15.0. The lowest BCUT2D eigenvalue weighted by Gasteiger charge is -2.39. The molecule has 1 aliphatic carbocycles. The Morgan fingerprint density at radius 3 is 2.75 bits per heavy atom. The van der Waals surface area contributed by atoms with E-state index in [1.54, 1.807) is 24.4 Å². The Labute approximate surface area is 197 Å². The van der Waals surface area contributed by atoms with Gasteiger partial charge in [-0.3, -0.25) is 0 Å². The zero-order valence-corrected chi connectivity index (χ0v) is 20.6. The van der Waals surface area contributed by atoms with Gasteiger partial charge < -0.3 is 21.9 Å². The molecule has 2 unspecified atom stereocenters. The van der Waals surface area contributed by atoms with Crippen LogP contribution in [-0.2, 0) is 6.42 Å². The number of hydrogen-bond donors (Lipinski definition) is 4. The minimum Gasteiger partial charge on any atom is -0.508 e. The van der Waals surface area contributed by atoms with Crippen LogP contribution in [0.5, 0.6) is 5.75 Å². The number of phenols is 1. The number of benzene rings is 1. The van der Waals surface area contributed by atoms with Gasteiger partial charge in [0.2, 0.25) is 0 Å². The Kier molecular flexibility index (Phi) is 5.71. The van der Waals surface area contributed by atoms with Gasteiger partial charge in [0.05, 0.1) is 28.7 Å². The summed E-state index contributed by atoms with van der Waals surface area (Å²) in [6.07, 6.45) is 6.30. The molecule has 0 spiro atoms. The summed E-state index contributed by atoms with van der Waals surface area (Å²) in [5.41, 5.74) is 17.0. The first-order valence-electron chi connectivity index (χ1n) is 10.9. The maximum atomic E-state index is 9.82. The quantitative estimate of drug-likeness (QED) is 0.300. The standard InChI is InChI=1S/C24H31BrN6O/c1-5-14-10-16(32)6-7-18(14)29-22(26)17-12-28-31-13-15(25)11-19(31)21(17)30-20-8-9-24(4,27)23(20,2)3/h6-7,10-13,20,30,32H,5,8-9,27H2,1-4H3,(H2,26,29). The normalized spacial score (nSPS) is 23.1. The molecule has 0 saturated heterocycles. The fourth-order valence-corrected chi connectivity index (χ4v) is 4.89. The molecule has 1 aliphatic rings. The van der Waals surface area contributed by atoms with E-state index in [2.05, 4.69) is 47.1 Å². The average molecular weight is 499 g/mol. The highest BCUT2D eigenvalue weighted by molar-refractivity contribution is 9.10. The van der Waals surface area contributed by atoms with Crippen LogP contribution in [0.15, 0.2) is 46.1 Å². The number of anilines is 1. The van der Waals surface area contributed by atoms with Crippen LogP contribution in [0.1, 0.15) is 51.7 Å². The second-order valence-electron chi connectivity index (χ2n) is 9.46. The highest BCUT2D eigenvalue weighted by atomic mass is 79.9. The lowest BCUT2D eigenvalue weighted by Crippen LogP contribution is -2.51. The van der Waals surface area contributed by atoms with Gasteiger partial charge in [0.1, 0.15) is 11.6 Å². The second kappa shape index (κ2) is 8.08. The van der Waals surface area contributed by atoms with Crippen LogP contribution in [-0.4, -0.2) is 32.1 Å². The van der Waals surface area contributed by atoms with Gasteiger partial charge in [0, 0.05) is 27.7 Å². The molecule has 1 fully saturated rings. The molecule has 0 radical (unpaired) electrons. The molecule has 0 aliphatic heterocycles. The van der Waals surface area contributed by atoms with Crippen molar-refractivity contribution in [1.29, 1.82) is 0 Å². The third-order valence-corrected chi connectivity index (χ3v) is 7.61. The number of aryl methyl sites for hydroxylation is 1. The van der Waals surface area contributed by atoms with E-state index in [9.17, 15) is 5.11 Å². The number of aromatic nitrogens is 2. The van der Waals surface area contributed by atoms with Crippen molar-refractivity contribution in [2.24, 2.45) is 21.9 Å². The van der Waals surface area contributed by atoms with E-state index in [1.165, 1.54) is 0 Å². The van der Waals surface area contributed by atoms with Gasteiger partial charge in [-0.25, -0.2) is 9.51 Å². The van der Waals surface area contributed by atoms with Gasteiger partial charge in [-0.15, -0.1) is 0 Å². The Balaban J connectivity index is 1.82. The first kappa shape index (κ1) is 22.6. The van der Waals surface area contributed by atoms with Gasteiger partial charge >= 0.3 is 0 Å². The van der Waals surface area contributed by atoms with Crippen molar-refractivity contribution < 1.29 is 5.11 Å². The van der Waals surface area contributed by atoms with E-state index in [4.69, 9.17) is 16.5 Å². The molecule has 8 heteroatoms. The van der Waals surface area contributed by atoms with E-state index in [-0.39, 0.29) is 22.7 Å². The largest absolute Gasteiger partial charge is 0.508 e. The van der Waals surface area contributed by atoms with Crippen LogP contribution >= 0.6 is 15.9 Å². The summed E-state index contributed by atoms with van der Waals surface area (Å²) < 4.78 is 2.76. The van der Waals surface area contributed by atoms with Crippen LogP contribution < -0.4 is 16.8 Å². The molecule has 1 aromatic carbocycles. The number of aromatic hydroxyl groups is 1. The van der Waals surface area contributed by atoms with E-state index in [0.717, 1.165) is 51.8 Å². The number of aliphatic imine (C=N–C) groups is 1. The van der Waals surface area contributed by atoms with E-state index in [0.29, 0.717) is 5.84 Å². The minimum absolute atomic E-state index is 0.118. The predicted octanol–water partition coefficient (Wildman–Crippen LogP) is 4.72. The first-order valence-corrected chi connectivity index (χ1v) is 11.7. The summed E-state index contributed by atoms with van der Waals surface area (Å²) in [7, 11) is 0. The molecular weight excluding hydrogens is 468 g/mol. The smallest absolute Gasteiger partial charge is 0.135 e. The van der Waals surface area contributed by atoms with Gasteiger partial charge in [-0.05, 0) is 71.9 Å². The van der Waals surface area contributed by atoms with Gasteiger partial charge in [-0.2, -0.15) is 5.10 Å². The number of fused-ring (bicyclic) bond motifs is 1. The van der Waals surface area contributed by atoms with Crippen molar-refractivity contribution in [3.05, 3.63) is 52.3 Å². The van der Waals surface area contributed by atoms with Crippen molar-refractivity contribution in [3.63, 3.8) is 0 Å². The molecular formula is C24H31BrN6O. The van der Waals surface area contributed by atoms with Gasteiger partial charge in [0.15, 0.2) is 0 Å². The average Bonchev–Trinajstić information content (AvgIpc) is 3.20. The number of amidine groups is 1. The van der Waals surface area contributed by atoms with Crippen LogP contribution in [0.25, 0.3) is 5.52 Å². The molecule has 3 aromatic rings. The summed E-state index contributed by atoms with van der Waals surface area (Å²) in [5.74, 6) is 0.586. The third-order valence-electron chi connectivity index (χ3n) is 7.18. The molecule has 32 heavy (non-hydrogen) atoms. The minimum atomic E-state index is -0.265. The van der Waals surface area contributed by atoms with Crippen LogP contribution in [0.3, 0.4) is 0 Å². The number of nitrogens with zero attached hydrogens (tertiary/aromatic N) is 3. The zero-order chi connectivity index (χ0) is 23.3. The third kappa shape index (κ3) is 3.86.